The van der Waals surface area contributed by atoms with Crippen LogP contribution in [0, 0.1) is 0 Å². The summed E-state index contributed by atoms with van der Waals surface area (Å²) in [7, 11) is 0. The van der Waals surface area contributed by atoms with E-state index < -0.39 is 0 Å². The van der Waals surface area contributed by atoms with Crippen molar-refractivity contribution in [3.05, 3.63) is 64.9 Å². The molecule has 0 bridgehead atoms. The molecule has 1 heterocycles. The fourth-order valence-corrected chi connectivity index (χ4v) is 2.95. The highest BCUT2D eigenvalue weighted by Crippen LogP contribution is 2.18. The number of hydrogen-bond donors (Lipinski definition) is 1. The van der Waals surface area contributed by atoms with Gasteiger partial charge >= 0.3 is 0 Å². The van der Waals surface area contributed by atoms with E-state index in [1.54, 1.807) is 18.2 Å². The lowest BCUT2D eigenvalue weighted by atomic mass is 10.2. The van der Waals surface area contributed by atoms with Crippen LogP contribution in [0.15, 0.2) is 48.5 Å². The van der Waals surface area contributed by atoms with E-state index in [1.807, 2.05) is 24.3 Å². The molecule has 3 aromatic rings. The van der Waals surface area contributed by atoms with Crippen LogP contribution >= 0.6 is 11.6 Å². The number of fused-ring (bicyclic) bond motifs is 1. The van der Waals surface area contributed by atoms with E-state index in [9.17, 15) is 4.79 Å². The molecule has 0 unspecified atom stereocenters. The number of para-hydroxylation sites is 2. The highest BCUT2D eigenvalue weighted by Gasteiger charge is 2.13. The second-order valence-electron chi connectivity index (χ2n) is 5.68. The molecule has 3 rings (SSSR count). The first-order valence-corrected chi connectivity index (χ1v) is 8.55. The van der Waals surface area contributed by atoms with Crippen molar-refractivity contribution in [2.45, 2.75) is 32.9 Å². The van der Waals surface area contributed by atoms with E-state index in [2.05, 4.69) is 27.9 Å². The Kier molecular flexibility index (Phi) is 5.16. The number of carbonyl (C=O) groups is 1. The Morgan fingerprint density at radius 3 is 2.71 bits per heavy atom. The Balaban J connectivity index is 1.82. The SMILES string of the molecule is CCCCn1c(CNC(=O)c2ccccc2Cl)nc2ccccc21. The van der Waals surface area contributed by atoms with Gasteiger partial charge in [-0.15, -0.1) is 0 Å². The molecule has 0 fully saturated rings. The van der Waals surface area contributed by atoms with Crippen LogP contribution in [-0.2, 0) is 13.1 Å². The fraction of sp³-hybridized carbons (Fsp3) is 0.263. The number of aromatic nitrogens is 2. The summed E-state index contributed by atoms with van der Waals surface area (Å²) in [6.45, 7) is 3.44. The molecular formula is C19H20ClN3O. The summed E-state index contributed by atoms with van der Waals surface area (Å²) >= 11 is 6.08. The van der Waals surface area contributed by atoms with Gasteiger partial charge in [0.05, 0.1) is 28.2 Å². The molecule has 1 aromatic heterocycles. The van der Waals surface area contributed by atoms with Gasteiger partial charge in [0.1, 0.15) is 5.82 Å². The predicted octanol–water partition coefficient (Wildman–Crippen LogP) is 4.42. The zero-order valence-corrected chi connectivity index (χ0v) is 14.4. The minimum atomic E-state index is -0.185. The highest BCUT2D eigenvalue weighted by molar-refractivity contribution is 6.33. The first-order valence-electron chi connectivity index (χ1n) is 8.17. The van der Waals surface area contributed by atoms with Gasteiger partial charge in [-0.2, -0.15) is 0 Å². The van der Waals surface area contributed by atoms with E-state index in [0.29, 0.717) is 17.1 Å². The maximum absolute atomic E-state index is 12.3. The highest BCUT2D eigenvalue weighted by atomic mass is 35.5. The van der Waals surface area contributed by atoms with E-state index >= 15 is 0 Å². The molecule has 0 aliphatic carbocycles. The van der Waals surface area contributed by atoms with Gasteiger partial charge in [0.25, 0.3) is 5.91 Å². The van der Waals surface area contributed by atoms with Crippen molar-refractivity contribution in [2.24, 2.45) is 0 Å². The molecule has 4 nitrogen and oxygen atoms in total. The van der Waals surface area contributed by atoms with Crippen LogP contribution in [0.2, 0.25) is 5.02 Å². The van der Waals surface area contributed by atoms with Crippen molar-refractivity contribution in [1.29, 1.82) is 0 Å². The molecule has 0 saturated heterocycles. The Labute approximate surface area is 146 Å². The molecule has 5 heteroatoms. The first-order chi connectivity index (χ1) is 11.7. The molecule has 2 aromatic carbocycles. The minimum absolute atomic E-state index is 0.185. The Bertz CT molecular complexity index is 857. The number of aryl methyl sites for hydroxylation is 1. The molecule has 1 N–H and O–H groups in total. The maximum Gasteiger partial charge on any atom is 0.253 e. The summed E-state index contributed by atoms with van der Waals surface area (Å²) in [4.78, 5) is 17.0. The fourth-order valence-electron chi connectivity index (χ4n) is 2.73. The van der Waals surface area contributed by atoms with Crippen molar-refractivity contribution in [2.75, 3.05) is 0 Å². The normalized spacial score (nSPS) is 10.9. The number of rotatable bonds is 6. The average molecular weight is 342 g/mol. The summed E-state index contributed by atoms with van der Waals surface area (Å²) in [5.41, 5.74) is 2.54. The first kappa shape index (κ1) is 16.5. The van der Waals surface area contributed by atoms with Crippen LogP contribution in [0.1, 0.15) is 35.9 Å². The van der Waals surface area contributed by atoms with Crippen LogP contribution in [-0.4, -0.2) is 15.5 Å². The van der Waals surface area contributed by atoms with Crippen LogP contribution in [0.5, 0.6) is 0 Å². The number of hydrogen-bond acceptors (Lipinski definition) is 2. The minimum Gasteiger partial charge on any atom is -0.345 e. The predicted molar refractivity (Wildman–Crippen MR) is 97.3 cm³/mol. The van der Waals surface area contributed by atoms with Gasteiger partial charge in [0.2, 0.25) is 0 Å². The van der Waals surface area contributed by atoms with Crippen molar-refractivity contribution in [3.8, 4) is 0 Å². The lowest BCUT2D eigenvalue weighted by molar-refractivity contribution is 0.0949. The number of imidazole rings is 1. The van der Waals surface area contributed by atoms with Crippen LogP contribution in [0.25, 0.3) is 11.0 Å². The topological polar surface area (TPSA) is 46.9 Å². The lowest BCUT2D eigenvalue weighted by Gasteiger charge is -2.10. The average Bonchev–Trinajstić information content (AvgIpc) is 2.96. The standard InChI is InChI=1S/C19H20ClN3O/c1-2-3-12-23-17-11-7-6-10-16(17)22-18(23)13-21-19(24)14-8-4-5-9-15(14)20/h4-11H,2-3,12-13H2,1H3,(H,21,24). The van der Waals surface area contributed by atoms with E-state index in [1.165, 1.54) is 0 Å². The number of benzene rings is 2. The molecule has 1 amide bonds. The second-order valence-corrected chi connectivity index (χ2v) is 6.09. The van der Waals surface area contributed by atoms with Gasteiger partial charge in [-0.05, 0) is 30.7 Å². The number of unbranched alkanes of at least 4 members (excludes halogenated alkanes) is 1. The monoisotopic (exact) mass is 341 g/mol. The maximum atomic E-state index is 12.3. The van der Waals surface area contributed by atoms with Gasteiger partial charge in [-0.25, -0.2) is 4.98 Å². The molecule has 124 valence electrons. The van der Waals surface area contributed by atoms with Gasteiger partial charge in [-0.1, -0.05) is 49.2 Å². The molecule has 0 radical (unpaired) electrons. The van der Waals surface area contributed by atoms with Crippen molar-refractivity contribution < 1.29 is 4.79 Å². The summed E-state index contributed by atoms with van der Waals surface area (Å²) in [6.07, 6.45) is 2.18. The molecule has 24 heavy (non-hydrogen) atoms. The number of halogens is 1. The Hall–Kier alpha value is -2.33. The molecule has 0 atom stereocenters. The van der Waals surface area contributed by atoms with Crippen LogP contribution in [0.3, 0.4) is 0 Å². The van der Waals surface area contributed by atoms with Crippen molar-refractivity contribution in [1.82, 2.24) is 14.9 Å². The third-order valence-corrected chi connectivity index (χ3v) is 4.32. The second kappa shape index (κ2) is 7.49. The quantitative estimate of drug-likeness (QED) is 0.721. The number of nitrogens with zero attached hydrogens (tertiary/aromatic N) is 2. The molecular weight excluding hydrogens is 322 g/mol. The van der Waals surface area contributed by atoms with Gasteiger partial charge in [0.15, 0.2) is 0 Å². The lowest BCUT2D eigenvalue weighted by Crippen LogP contribution is -2.25. The third-order valence-electron chi connectivity index (χ3n) is 3.99. The number of amides is 1. The van der Waals surface area contributed by atoms with E-state index in [4.69, 9.17) is 11.6 Å². The summed E-state index contributed by atoms with van der Waals surface area (Å²) in [6, 6.07) is 15.1. The molecule has 0 spiro atoms. The number of carbonyl (C=O) groups excluding carboxylic acids is 1. The van der Waals surface area contributed by atoms with Gasteiger partial charge < -0.3 is 9.88 Å². The van der Waals surface area contributed by atoms with E-state index in [-0.39, 0.29) is 5.91 Å². The molecule has 0 aliphatic heterocycles. The molecule has 0 aliphatic rings. The smallest absolute Gasteiger partial charge is 0.253 e. The zero-order chi connectivity index (χ0) is 16.9. The van der Waals surface area contributed by atoms with Gasteiger partial charge in [0, 0.05) is 6.54 Å². The molecule has 0 saturated carbocycles. The Morgan fingerprint density at radius 2 is 1.92 bits per heavy atom. The zero-order valence-electron chi connectivity index (χ0n) is 13.6. The van der Waals surface area contributed by atoms with Crippen molar-refractivity contribution >= 4 is 28.5 Å². The largest absolute Gasteiger partial charge is 0.345 e. The van der Waals surface area contributed by atoms with Gasteiger partial charge in [-0.3, -0.25) is 4.79 Å². The summed E-state index contributed by atoms with van der Waals surface area (Å²) < 4.78 is 2.19. The van der Waals surface area contributed by atoms with E-state index in [0.717, 1.165) is 36.2 Å². The third kappa shape index (κ3) is 3.44. The Morgan fingerprint density at radius 1 is 1.17 bits per heavy atom. The van der Waals surface area contributed by atoms with Crippen LogP contribution < -0.4 is 5.32 Å². The summed E-state index contributed by atoms with van der Waals surface area (Å²) in [5.74, 6) is 0.680. The van der Waals surface area contributed by atoms with Crippen molar-refractivity contribution in [3.63, 3.8) is 0 Å². The van der Waals surface area contributed by atoms with Crippen LogP contribution in [0.4, 0.5) is 0 Å². The summed E-state index contributed by atoms with van der Waals surface area (Å²) in [5, 5.41) is 3.38. The number of nitrogens with one attached hydrogen (secondary N) is 1.